The molecule has 1 aromatic rings. The first-order chi connectivity index (χ1) is 4.86. The van der Waals surface area contributed by atoms with Crippen LogP contribution in [0.25, 0.3) is 6.20 Å². The number of allylic oxidation sites excluding steroid dienone is 1. The Kier molecular flexibility index (Phi) is 0.974. The Morgan fingerprint density at radius 3 is 3.40 bits per heavy atom. The fourth-order valence-corrected chi connectivity index (χ4v) is 0.995. The van der Waals surface area contributed by atoms with Gasteiger partial charge in [-0.15, -0.1) is 0 Å². The molecule has 2 heterocycles. The van der Waals surface area contributed by atoms with Gasteiger partial charge in [-0.2, -0.15) is 0 Å². The smallest absolute Gasteiger partial charge is 0.164 e. The summed E-state index contributed by atoms with van der Waals surface area (Å²) in [4.78, 5) is 14.8. The third-order valence-corrected chi connectivity index (χ3v) is 1.50. The van der Waals surface area contributed by atoms with Crippen LogP contribution < -0.4 is 0 Å². The van der Waals surface area contributed by atoms with E-state index in [0.29, 0.717) is 6.42 Å². The van der Waals surface area contributed by atoms with Crippen LogP contribution in [0.4, 0.5) is 0 Å². The summed E-state index contributed by atoms with van der Waals surface area (Å²) in [7, 11) is 0. The summed E-state index contributed by atoms with van der Waals surface area (Å²) in [5, 5.41) is 0. The fraction of sp³-hybridized carbons (Fsp3) is 0.143. The van der Waals surface area contributed by atoms with Crippen LogP contribution in [0.15, 0.2) is 18.5 Å². The minimum atomic E-state index is 0.124. The number of aromatic nitrogens is 2. The Morgan fingerprint density at radius 2 is 2.50 bits per heavy atom. The minimum absolute atomic E-state index is 0.124. The van der Waals surface area contributed by atoms with E-state index in [1.807, 2.05) is 10.8 Å². The number of rotatable bonds is 0. The molecule has 0 fully saturated rings. The van der Waals surface area contributed by atoms with Crippen molar-refractivity contribution in [3.05, 3.63) is 24.3 Å². The molecule has 3 nitrogen and oxygen atoms in total. The summed E-state index contributed by atoms with van der Waals surface area (Å²) in [5.74, 6) is 0.950. The highest BCUT2D eigenvalue weighted by atomic mass is 16.1. The van der Waals surface area contributed by atoms with Crippen molar-refractivity contribution < 1.29 is 4.79 Å². The average Bonchev–Trinajstić information content (AvgIpc) is 2.33. The molecule has 1 aliphatic rings. The second-order valence-electron chi connectivity index (χ2n) is 2.21. The molecule has 0 saturated carbocycles. The second-order valence-corrected chi connectivity index (χ2v) is 2.21. The molecular weight excluding hydrogens is 128 g/mol. The van der Waals surface area contributed by atoms with E-state index < -0.39 is 0 Å². The third-order valence-electron chi connectivity index (χ3n) is 1.50. The normalized spacial score (nSPS) is 15.4. The van der Waals surface area contributed by atoms with E-state index in [0.717, 1.165) is 5.82 Å². The van der Waals surface area contributed by atoms with Crippen LogP contribution >= 0.6 is 0 Å². The lowest BCUT2D eigenvalue weighted by Gasteiger charge is -2.03. The molecule has 0 unspecified atom stereocenters. The van der Waals surface area contributed by atoms with Crippen LogP contribution in [0.3, 0.4) is 0 Å². The summed E-state index contributed by atoms with van der Waals surface area (Å²) in [6.45, 7) is 0. The molecule has 0 radical (unpaired) electrons. The number of hydrogen-bond acceptors (Lipinski definition) is 2. The molecule has 3 heteroatoms. The van der Waals surface area contributed by atoms with Crippen molar-refractivity contribution >= 4 is 12.0 Å². The summed E-state index contributed by atoms with van der Waals surface area (Å²) < 4.78 is 1.85. The van der Waals surface area contributed by atoms with E-state index in [1.54, 1.807) is 18.5 Å². The largest absolute Gasteiger partial charge is 0.310 e. The SMILES string of the molecule is O=C1C=Cn2ccnc2C1. The Balaban J connectivity index is 2.52. The van der Waals surface area contributed by atoms with Gasteiger partial charge in [0, 0.05) is 18.6 Å². The van der Waals surface area contributed by atoms with Crippen molar-refractivity contribution in [2.24, 2.45) is 0 Å². The van der Waals surface area contributed by atoms with Gasteiger partial charge in [0.05, 0.1) is 6.42 Å². The van der Waals surface area contributed by atoms with Crippen LogP contribution in [-0.2, 0) is 11.2 Å². The number of carbonyl (C=O) groups excluding carboxylic acids is 1. The summed E-state index contributed by atoms with van der Waals surface area (Å²) in [6, 6.07) is 0. The molecule has 0 saturated heterocycles. The number of imidazole rings is 1. The maximum Gasteiger partial charge on any atom is 0.164 e. The van der Waals surface area contributed by atoms with Gasteiger partial charge in [-0.25, -0.2) is 4.98 Å². The van der Waals surface area contributed by atoms with Crippen LogP contribution in [0, 0.1) is 0 Å². The van der Waals surface area contributed by atoms with Crippen molar-refractivity contribution in [2.45, 2.75) is 6.42 Å². The van der Waals surface area contributed by atoms with Crippen LogP contribution in [0.1, 0.15) is 5.82 Å². The highest BCUT2D eigenvalue weighted by Crippen LogP contribution is 2.05. The molecule has 50 valence electrons. The van der Waals surface area contributed by atoms with Gasteiger partial charge < -0.3 is 4.57 Å². The molecule has 1 aromatic heterocycles. The summed E-state index contributed by atoms with van der Waals surface area (Å²) >= 11 is 0. The van der Waals surface area contributed by atoms with Crippen LogP contribution in [0.2, 0.25) is 0 Å². The number of carbonyl (C=O) groups is 1. The zero-order chi connectivity index (χ0) is 6.97. The van der Waals surface area contributed by atoms with Gasteiger partial charge in [0.15, 0.2) is 5.78 Å². The molecule has 0 aromatic carbocycles. The zero-order valence-electron chi connectivity index (χ0n) is 5.32. The second kappa shape index (κ2) is 1.80. The van der Waals surface area contributed by atoms with Crippen molar-refractivity contribution in [3.8, 4) is 0 Å². The van der Waals surface area contributed by atoms with Gasteiger partial charge in [0.25, 0.3) is 0 Å². The lowest BCUT2D eigenvalue weighted by atomic mass is 10.2. The first-order valence-electron chi connectivity index (χ1n) is 3.09. The predicted molar refractivity (Wildman–Crippen MR) is 36.3 cm³/mol. The molecule has 2 rings (SSSR count). The first kappa shape index (κ1) is 5.41. The van der Waals surface area contributed by atoms with E-state index in [1.165, 1.54) is 0 Å². The standard InChI is InChI=1S/C7H6N2O/c10-6-1-3-9-4-2-8-7(9)5-6/h1-4H,5H2. The van der Waals surface area contributed by atoms with Gasteiger partial charge >= 0.3 is 0 Å². The zero-order valence-corrected chi connectivity index (χ0v) is 5.32. The molecule has 0 aliphatic carbocycles. The Hall–Kier alpha value is -1.38. The molecule has 0 amide bonds. The van der Waals surface area contributed by atoms with E-state index in [2.05, 4.69) is 4.98 Å². The predicted octanol–water partition coefficient (Wildman–Crippen LogP) is 0.479. The van der Waals surface area contributed by atoms with Crippen LogP contribution in [0.5, 0.6) is 0 Å². The molecule has 0 bridgehead atoms. The van der Waals surface area contributed by atoms with Crippen molar-refractivity contribution in [1.29, 1.82) is 0 Å². The highest BCUT2D eigenvalue weighted by Gasteiger charge is 2.09. The third kappa shape index (κ3) is 0.673. The Labute approximate surface area is 58.0 Å². The maximum atomic E-state index is 10.8. The van der Waals surface area contributed by atoms with Gasteiger partial charge in [-0.1, -0.05) is 0 Å². The van der Waals surface area contributed by atoms with Gasteiger partial charge in [0.2, 0.25) is 0 Å². The monoisotopic (exact) mass is 134 g/mol. The van der Waals surface area contributed by atoms with E-state index in [9.17, 15) is 4.79 Å². The quantitative estimate of drug-likeness (QED) is 0.517. The molecule has 0 N–H and O–H groups in total. The molecular formula is C7H6N2O. The number of ketones is 1. The lowest BCUT2D eigenvalue weighted by molar-refractivity contribution is -0.114. The minimum Gasteiger partial charge on any atom is -0.310 e. The maximum absolute atomic E-state index is 10.8. The summed E-state index contributed by atoms with van der Waals surface area (Å²) in [6.07, 6.45) is 7.25. The number of hydrogen-bond donors (Lipinski definition) is 0. The van der Waals surface area contributed by atoms with Crippen molar-refractivity contribution in [2.75, 3.05) is 0 Å². The first-order valence-corrected chi connectivity index (χ1v) is 3.09. The Morgan fingerprint density at radius 1 is 1.60 bits per heavy atom. The molecule has 0 spiro atoms. The van der Waals surface area contributed by atoms with E-state index in [4.69, 9.17) is 0 Å². The molecule has 10 heavy (non-hydrogen) atoms. The fourth-order valence-electron chi connectivity index (χ4n) is 0.995. The summed E-state index contributed by atoms with van der Waals surface area (Å²) in [5.41, 5.74) is 0. The highest BCUT2D eigenvalue weighted by molar-refractivity contribution is 5.94. The molecule has 0 atom stereocenters. The van der Waals surface area contributed by atoms with Crippen LogP contribution in [-0.4, -0.2) is 15.3 Å². The number of fused-ring (bicyclic) bond motifs is 1. The van der Waals surface area contributed by atoms with Gasteiger partial charge in [0.1, 0.15) is 5.82 Å². The van der Waals surface area contributed by atoms with Gasteiger partial charge in [-0.3, -0.25) is 4.79 Å². The topological polar surface area (TPSA) is 34.9 Å². The average molecular weight is 134 g/mol. The molecule has 1 aliphatic heterocycles. The lowest BCUT2D eigenvalue weighted by Crippen LogP contribution is -2.09. The van der Waals surface area contributed by atoms with Gasteiger partial charge in [-0.05, 0) is 6.08 Å². The van der Waals surface area contributed by atoms with E-state index in [-0.39, 0.29) is 5.78 Å². The Bertz CT molecular complexity index is 298. The van der Waals surface area contributed by atoms with Crippen molar-refractivity contribution in [3.63, 3.8) is 0 Å². The van der Waals surface area contributed by atoms with E-state index >= 15 is 0 Å². The van der Waals surface area contributed by atoms with Crippen molar-refractivity contribution in [1.82, 2.24) is 9.55 Å². The number of nitrogens with zero attached hydrogens (tertiary/aromatic N) is 2.